The number of nitrogens with one attached hydrogen (secondary N) is 1. The van der Waals surface area contributed by atoms with E-state index in [1.165, 1.54) is 17.0 Å². The van der Waals surface area contributed by atoms with E-state index in [2.05, 4.69) is 4.72 Å². The highest BCUT2D eigenvalue weighted by molar-refractivity contribution is 7.89. The van der Waals surface area contributed by atoms with Gasteiger partial charge < -0.3 is 10.6 Å². The normalized spacial score (nSPS) is 11.3. The molecule has 20 heavy (non-hydrogen) atoms. The van der Waals surface area contributed by atoms with E-state index in [1.54, 1.807) is 26.2 Å². The molecule has 1 rings (SSSR count). The van der Waals surface area contributed by atoms with Gasteiger partial charge in [-0.05, 0) is 37.6 Å². The van der Waals surface area contributed by atoms with Crippen LogP contribution in [0.15, 0.2) is 29.2 Å². The van der Waals surface area contributed by atoms with E-state index in [4.69, 9.17) is 5.73 Å². The van der Waals surface area contributed by atoms with Crippen molar-refractivity contribution in [3.05, 3.63) is 29.8 Å². The molecule has 0 unspecified atom stereocenters. The molecule has 1 aromatic rings. The van der Waals surface area contributed by atoms with E-state index >= 15 is 0 Å². The number of carbonyl (C=O) groups excluding carboxylic acids is 1. The Morgan fingerprint density at radius 3 is 2.60 bits per heavy atom. The number of nitrogens with two attached hydrogens (primary N) is 1. The van der Waals surface area contributed by atoms with Crippen molar-refractivity contribution in [1.82, 2.24) is 9.62 Å². The zero-order chi connectivity index (χ0) is 15.2. The van der Waals surface area contributed by atoms with Gasteiger partial charge in [0, 0.05) is 26.2 Å². The van der Waals surface area contributed by atoms with Crippen molar-refractivity contribution < 1.29 is 13.2 Å². The maximum atomic E-state index is 12.1. The van der Waals surface area contributed by atoms with Crippen LogP contribution in [-0.4, -0.2) is 46.4 Å². The Morgan fingerprint density at radius 2 is 2.00 bits per heavy atom. The molecule has 0 aromatic heterocycles. The predicted octanol–water partition coefficient (Wildman–Crippen LogP) is 0.406. The summed E-state index contributed by atoms with van der Waals surface area (Å²) in [6, 6.07) is 6.01. The van der Waals surface area contributed by atoms with E-state index < -0.39 is 10.0 Å². The molecule has 0 saturated heterocycles. The lowest BCUT2D eigenvalue weighted by Crippen LogP contribution is -2.26. The molecule has 1 aromatic carbocycles. The molecule has 0 aliphatic heterocycles. The first-order valence-corrected chi connectivity index (χ1v) is 7.88. The topological polar surface area (TPSA) is 92.5 Å². The lowest BCUT2D eigenvalue weighted by atomic mass is 10.2. The third kappa shape index (κ3) is 4.59. The average molecular weight is 299 g/mol. The van der Waals surface area contributed by atoms with Crippen molar-refractivity contribution in [1.29, 1.82) is 0 Å². The molecule has 0 saturated carbocycles. The molecule has 0 aliphatic carbocycles. The van der Waals surface area contributed by atoms with Crippen LogP contribution in [0.3, 0.4) is 0 Å². The number of rotatable bonds is 7. The zero-order valence-corrected chi connectivity index (χ0v) is 12.6. The molecule has 6 nitrogen and oxygen atoms in total. The number of hydrogen-bond acceptors (Lipinski definition) is 4. The molecule has 0 aliphatic rings. The third-order valence-electron chi connectivity index (χ3n) is 2.72. The minimum absolute atomic E-state index is 0.0953. The van der Waals surface area contributed by atoms with Gasteiger partial charge in [-0.3, -0.25) is 4.79 Å². The Labute approximate surface area is 120 Å². The van der Waals surface area contributed by atoms with E-state index in [0.29, 0.717) is 25.1 Å². The SMILES string of the molecule is CN(C)C(=O)c1cccc(S(=O)(=O)NCCCCN)c1. The Balaban J connectivity index is 2.85. The van der Waals surface area contributed by atoms with Gasteiger partial charge in [0.25, 0.3) is 5.91 Å². The number of unbranched alkanes of at least 4 members (excludes halogenated alkanes) is 1. The number of carbonyl (C=O) groups is 1. The maximum absolute atomic E-state index is 12.1. The smallest absolute Gasteiger partial charge is 0.253 e. The van der Waals surface area contributed by atoms with Crippen molar-refractivity contribution in [3.63, 3.8) is 0 Å². The Kier molecular flexibility index (Phi) is 6.12. The fourth-order valence-corrected chi connectivity index (χ4v) is 2.73. The second-order valence-electron chi connectivity index (χ2n) is 4.62. The van der Waals surface area contributed by atoms with Gasteiger partial charge in [-0.2, -0.15) is 0 Å². The van der Waals surface area contributed by atoms with E-state index in [-0.39, 0.29) is 10.8 Å². The molecular formula is C13H21N3O3S. The van der Waals surface area contributed by atoms with Gasteiger partial charge >= 0.3 is 0 Å². The number of hydrogen-bond donors (Lipinski definition) is 2. The summed E-state index contributed by atoms with van der Waals surface area (Å²) in [6.07, 6.45) is 1.45. The number of sulfonamides is 1. The zero-order valence-electron chi connectivity index (χ0n) is 11.8. The quantitative estimate of drug-likeness (QED) is 0.713. The monoisotopic (exact) mass is 299 g/mol. The molecule has 0 fully saturated rings. The van der Waals surface area contributed by atoms with Crippen LogP contribution in [0.2, 0.25) is 0 Å². The highest BCUT2D eigenvalue weighted by atomic mass is 32.2. The largest absolute Gasteiger partial charge is 0.345 e. The average Bonchev–Trinajstić information content (AvgIpc) is 2.43. The van der Waals surface area contributed by atoms with Gasteiger partial charge in [0.15, 0.2) is 0 Å². The Morgan fingerprint density at radius 1 is 1.30 bits per heavy atom. The van der Waals surface area contributed by atoms with Crippen LogP contribution in [0.4, 0.5) is 0 Å². The van der Waals surface area contributed by atoms with Crippen molar-refractivity contribution in [2.45, 2.75) is 17.7 Å². The van der Waals surface area contributed by atoms with Crippen LogP contribution in [-0.2, 0) is 10.0 Å². The van der Waals surface area contributed by atoms with Gasteiger partial charge in [-0.25, -0.2) is 13.1 Å². The van der Waals surface area contributed by atoms with Crippen molar-refractivity contribution >= 4 is 15.9 Å². The molecule has 0 spiro atoms. The van der Waals surface area contributed by atoms with Crippen LogP contribution in [0.1, 0.15) is 23.2 Å². The van der Waals surface area contributed by atoms with E-state index in [0.717, 1.165) is 6.42 Å². The Hall–Kier alpha value is -1.44. The number of nitrogens with zero attached hydrogens (tertiary/aromatic N) is 1. The minimum Gasteiger partial charge on any atom is -0.345 e. The van der Waals surface area contributed by atoms with Crippen LogP contribution >= 0.6 is 0 Å². The van der Waals surface area contributed by atoms with Crippen LogP contribution < -0.4 is 10.5 Å². The summed E-state index contributed by atoms with van der Waals surface area (Å²) in [6.45, 7) is 0.875. The minimum atomic E-state index is -3.58. The molecule has 1 amide bonds. The standard InChI is InChI=1S/C13H21N3O3S/c1-16(2)13(17)11-6-5-7-12(10-11)20(18,19)15-9-4-3-8-14/h5-7,10,15H,3-4,8-9,14H2,1-2H3. The summed E-state index contributed by atoms with van der Waals surface area (Å²) in [5, 5.41) is 0. The van der Waals surface area contributed by atoms with Gasteiger partial charge in [0.05, 0.1) is 4.90 Å². The predicted molar refractivity (Wildman–Crippen MR) is 77.9 cm³/mol. The molecule has 112 valence electrons. The molecule has 0 radical (unpaired) electrons. The lowest BCUT2D eigenvalue weighted by molar-refractivity contribution is 0.0827. The summed E-state index contributed by atoms with van der Waals surface area (Å²) in [5.74, 6) is -0.231. The first-order valence-electron chi connectivity index (χ1n) is 6.40. The van der Waals surface area contributed by atoms with Gasteiger partial charge in [0.1, 0.15) is 0 Å². The molecule has 3 N–H and O–H groups in total. The summed E-state index contributed by atoms with van der Waals surface area (Å²) in [4.78, 5) is 13.3. The maximum Gasteiger partial charge on any atom is 0.253 e. The van der Waals surface area contributed by atoms with E-state index in [1.807, 2.05) is 0 Å². The van der Waals surface area contributed by atoms with Crippen LogP contribution in [0, 0.1) is 0 Å². The van der Waals surface area contributed by atoms with Crippen molar-refractivity contribution in [2.75, 3.05) is 27.2 Å². The first kappa shape index (κ1) is 16.6. The molecular weight excluding hydrogens is 278 g/mol. The molecule has 0 heterocycles. The summed E-state index contributed by atoms with van der Waals surface area (Å²) >= 11 is 0. The fourth-order valence-electron chi connectivity index (χ4n) is 1.61. The van der Waals surface area contributed by atoms with Crippen molar-refractivity contribution in [2.24, 2.45) is 5.73 Å². The lowest BCUT2D eigenvalue weighted by Gasteiger charge is -2.11. The summed E-state index contributed by atoms with van der Waals surface area (Å²) in [5.41, 5.74) is 5.70. The Bertz CT molecular complexity index is 556. The first-order chi connectivity index (χ1) is 9.38. The van der Waals surface area contributed by atoms with Crippen LogP contribution in [0.5, 0.6) is 0 Å². The highest BCUT2D eigenvalue weighted by Crippen LogP contribution is 2.12. The molecule has 7 heteroatoms. The molecule has 0 atom stereocenters. The second-order valence-corrected chi connectivity index (χ2v) is 6.39. The molecule has 0 bridgehead atoms. The number of amides is 1. The van der Waals surface area contributed by atoms with Crippen LogP contribution in [0.25, 0.3) is 0 Å². The van der Waals surface area contributed by atoms with Gasteiger partial charge in [-0.1, -0.05) is 6.07 Å². The summed E-state index contributed by atoms with van der Waals surface area (Å²) < 4.78 is 26.6. The van der Waals surface area contributed by atoms with Crippen molar-refractivity contribution in [3.8, 4) is 0 Å². The van der Waals surface area contributed by atoms with Gasteiger partial charge in [-0.15, -0.1) is 0 Å². The fraction of sp³-hybridized carbons (Fsp3) is 0.462. The number of benzene rings is 1. The summed E-state index contributed by atoms with van der Waals surface area (Å²) in [7, 11) is -0.345. The van der Waals surface area contributed by atoms with Gasteiger partial charge in [0.2, 0.25) is 10.0 Å². The third-order valence-corrected chi connectivity index (χ3v) is 4.18. The highest BCUT2D eigenvalue weighted by Gasteiger charge is 2.16. The second kappa shape index (κ2) is 7.37. The van der Waals surface area contributed by atoms with E-state index in [9.17, 15) is 13.2 Å².